The SMILES string of the molecule is CC[C](c1coc2ccccc12)C(F)(F)F. The number of hydrogen-bond acceptors (Lipinski definition) is 1. The standard InChI is InChI=1S/C12H10F3O/c1-2-10(12(13,14)15)9-7-16-11-6-4-3-5-8(9)11/h3-7H,2H2,1H3. The highest BCUT2D eigenvalue weighted by Crippen LogP contribution is 2.39. The summed E-state index contributed by atoms with van der Waals surface area (Å²) in [5.41, 5.74) is 0.623. The van der Waals surface area contributed by atoms with Gasteiger partial charge in [0.2, 0.25) is 0 Å². The number of fused-ring (bicyclic) bond motifs is 1. The van der Waals surface area contributed by atoms with E-state index in [0.29, 0.717) is 11.0 Å². The van der Waals surface area contributed by atoms with E-state index in [-0.39, 0.29) is 12.0 Å². The molecule has 2 aromatic rings. The Balaban J connectivity index is 2.54. The van der Waals surface area contributed by atoms with Crippen molar-refractivity contribution in [2.45, 2.75) is 19.5 Å². The van der Waals surface area contributed by atoms with E-state index in [1.807, 2.05) is 0 Å². The number of hydrogen-bond donors (Lipinski definition) is 0. The molecular formula is C12H10F3O. The smallest absolute Gasteiger partial charge is 0.399 e. The Kier molecular flexibility index (Phi) is 2.66. The van der Waals surface area contributed by atoms with Gasteiger partial charge in [-0.2, -0.15) is 13.2 Å². The third kappa shape index (κ3) is 1.79. The number of benzene rings is 1. The number of rotatable bonds is 2. The van der Waals surface area contributed by atoms with Crippen molar-refractivity contribution >= 4 is 11.0 Å². The maximum Gasteiger partial charge on any atom is 0.399 e. The maximum absolute atomic E-state index is 12.7. The summed E-state index contributed by atoms with van der Waals surface area (Å²) in [5, 5.41) is 0.511. The van der Waals surface area contributed by atoms with Crippen LogP contribution < -0.4 is 0 Å². The van der Waals surface area contributed by atoms with Gasteiger partial charge in [-0.15, -0.1) is 0 Å². The van der Waals surface area contributed by atoms with Crippen LogP contribution in [-0.2, 0) is 0 Å². The van der Waals surface area contributed by atoms with E-state index in [0.717, 1.165) is 0 Å². The minimum absolute atomic E-state index is 0.0625. The Morgan fingerprint density at radius 2 is 1.94 bits per heavy atom. The van der Waals surface area contributed by atoms with Gasteiger partial charge in [0.1, 0.15) is 11.5 Å². The third-order valence-corrected chi connectivity index (χ3v) is 2.50. The van der Waals surface area contributed by atoms with Gasteiger partial charge in [0.15, 0.2) is 0 Å². The van der Waals surface area contributed by atoms with Crippen LogP contribution in [0.2, 0.25) is 0 Å². The number of para-hydroxylation sites is 1. The van der Waals surface area contributed by atoms with Crippen LogP contribution in [0.3, 0.4) is 0 Å². The van der Waals surface area contributed by atoms with E-state index in [1.54, 1.807) is 24.3 Å². The fourth-order valence-corrected chi connectivity index (χ4v) is 1.76. The molecule has 1 aromatic carbocycles. The van der Waals surface area contributed by atoms with E-state index in [4.69, 9.17) is 4.42 Å². The number of halogens is 3. The molecule has 0 aliphatic carbocycles. The molecule has 0 bridgehead atoms. The molecule has 0 atom stereocenters. The van der Waals surface area contributed by atoms with Crippen LogP contribution in [0.1, 0.15) is 18.9 Å². The first-order valence-electron chi connectivity index (χ1n) is 4.93. The fraction of sp³-hybridized carbons (Fsp3) is 0.250. The lowest BCUT2D eigenvalue weighted by molar-refractivity contribution is -0.111. The Labute approximate surface area is 90.9 Å². The minimum Gasteiger partial charge on any atom is -0.464 e. The first-order chi connectivity index (χ1) is 7.54. The average molecular weight is 227 g/mol. The molecule has 0 N–H and O–H groups in total. The average Bonchev–Trinajstić information content (AvgIpc) is 2.61. The molecule has 16 heavy (non-hydrogen) atoms. The van der Waals surface area contributed by atoms with Crippen LogP contribution >= 0.6 is 0 Å². The molecule has 0 amide bonds. The summed E-state index contributed by atoms with van der Waals surface area (Å²) >= 11 is 0. The van der Waals surface area contributed by atoms with Crippen LogP contribution in [0.4, 0.5) is 13.2 Å². The number of furan rings is 1. The molecule has 0 unspecified atom stereocenters. The molecule has 1 heterocycles. The van der Waals surface area contributed by atoms with Crippen LogP contribution in [0.25, 0.3) is 11.0 Å². The highest BCUT2D eigenvalue weighted by Gasteiger charge is 2.41. The lowest BCUT2D eigenvalue weighted by atomic mass is 9.95. The molecule has 1 nitrogen and oxygen atoms in total. The molecule has 0 aliphatic heterocycles. The van der Waals surface area contributed by atoms with Gasteiger partial charge in [-0.25, -0.2) is 0 Å². The molecule has 2 rings (SSSR count). The van der Waals surface area contributed by atoms with Gasteiger partial charge in [-0.05, 0) is 12.5 Å². The first-order valence-corrected chi connectivity index (χ1v) is 4.93. The predicted octanol–water partition coefficient (Wildman–Crippen LogP) is 4.33. The zero-order chi connectivity index (χ0) is 11.8. The summed E-state index contributed by atoms with van der Waals surface area (Å²) < 4.78 is 43.3. The van der Waals surface area contributed by atoms with E-state index in [2.05, 4.69) is 0 Å². The fourth-order valence-electron chi connectivity index (χ4n) is 1.76. The summed E-state index contributed by atoms with van der Waals surface area (Å²) in [4.78, 5) is 0. The van der Waals surface area contributed by atoms with E-state index < -0.39 is 12.1 Å². The molecule has 1 radical (unpaired) electrons. The van der Waals surface area contributed by atoms with Crippen LogP contribution in [0.15, 0.2) is 34.9 Å². The Morgan fingerprint density at radius 1 is 1.25 bits per heavy atom. The zero-order valence-electron chi connectivity index (χ0n) is 8.64. The van der Waals surface area contributed by atoms with E-state index >= 15 is 0 Å². The van der Waals surface area contributed by atoms with Gasteiger partial charge in [0.05, 0.1) is 6.26 Å². The van der Waals surface area contributed by atoms with Gasteiger partial charge in [0, 0.05) is 10.9 Å². The van der Waals surface area contributed by atoms with E-state index in [9.17, 15) is 13.2 Å². The summed E-state index contributed by atoms with van der Waals surface area (Å²) in [7, 11) is 0. The third-order valence-electron chi connectivity index (χ3n) is 2.50. The van der Waals surface area contributed by atoms with Gasteiger partial charge in [0.25, 0.3) is 0 Å². The van der Waals surface area contributed by atoms with Crippen molar-refractivity contribution < 1.29 is 17.6 Å². The first kappa shape index (κ1) is 11.0. The summed E-state index contributed by atoms with van der Waals surface area (Å²) in [6.07, 6.45) is -3.19. The monoisotopic (exact) mass is 227 g/mol. The summed E-state index contributed by atoms with van der Waals surface area (Å²) in [6.45, 7) is 1.49. The quantitative estimate of drug-likeness (QED) is 0.744. The van der Waals surface area contributed by atoms with Crippen molar-refractivity contribution in [3.8, 4) is 0 Å². The lowest BCUT2D eigenvalue weighted by Gasteiger charge is -2.16. The predicted molar refractivity (Wildman–Crippen MR) is 54.9 cm³/mol. The summed E-state index contributed by atoms with van der Waals surface area (Å²) in [6, 6.07) is 6.72. The molecule has 0 saturated heterocycles. The second kappa shape index (κ2) is 3.85. The van der Waals surface area contributed by atoms with Crippen molar-refractivity contribution in [1.82, 2.24) is 0 Å². The highest BCUT2D eigenvalue weighted by molar-refractivity contribution is 5.83. The Bertz CT molecular complexity index is 484. The zero-order valence-corrected chi connectivity index (χ0v) is 8.64. The maximum atomic E-state index is 12.7. The minimum atomic E-state index is -4.30. The second-order valence-corrected chi connectivity index (χ2v) is 3.48. The van der Waals surface area contributed by atoms with Crippen LogP contribution in [-0.4, -0.2) is 6.18 Å². The highest BCUT2D eigenvalue weighted by atomic mass is 19.4. The molecular weight excluding hydrogens is 217 g/mol. The topological polar surface area (TPSA) is 13.1 Å². The van der Waals surface area contributed by atoms with Crippen molar-refractivity contribution in [2.24, 2.45) is 0 Å². The van der Waals surface area contributed by atoms with Gasteiger partial charge in [-0.1, -0.05) is 25.1 Å². The molecule has 0 saturated carbocycles. The van der Waals surface area contributed by atoms with Crippen LogP contribution in [0.5, 0.6) is 0 Å². The lowest BCUT2D eigenvalue weighted by Crippen LogP contribution is -2.20. The second-order valence-electron chi connectivity index (χ2n) is 3.48. The van der Waals surface area contributed by atoms with Gasteiger partial charge in [-0.3, -0.25) is 0 Å². The van der Waals surface area contributed by atoms with Crippen LogP contribution in [0, 0.1) is 5.92 Å². The summed E-state index contributed by atoms with van der Waals surface area (Å²) in [5.74, 6) is -0.544. The number of alkyl halides is 3. The Morgan fingerprint density at radius 3 is 2.56 bits per heavy atom. The normalized spacial score (nSPS) is 12.6. The van der Waals surface area contributed by atoms with Crippen molar-refractivity contribution in [2.75, 3.05) is 0 Å². The van der Waals surface area contributed by atoms with Crippen molar-refractivity contribution in [3.05, 3.63) is 42.0 Å². The van der Waals surface area contributed by atoms with E-state index in [1.165, 1.54) is 13.2 Å². The largest absolute Gasteiger partial charge is 0.464 e. The molecule has 85 valence electrons. The van der Waals surface area contributed by atoms with Crippen molar-refractivity contribution in [1.29, 1.82) is 0 Å². The Hall–Kier alpha value is -1.45. The molecule has 0 aliphatic rings. The molecule has 1 aromatic heterocycles. The molecule has 0 fully saturated rings. The van der Waals surface area contributed by atoms with Crippen molar-refractivity contribution in [3.63, 3.8) is 0 Å². The molecule has 4 heteroatoms. The molecule has 0 spiro atoms. The van der Waals surface area contributed by atoms with Gasteiger partial charge < -0.3 is 4.42 Å². The van der Waals surface area contributed by atoms with Gasteiger partial charge >= 0.3 is 6.18 Å².